The fourth-order valence-electron chi connectivity index (χ4n) is 1.73. The molecule has 0 saturated heterocycles. The van der Waals surface area contributed by atoms with E-state index < -0.39 is 0 Å². The molecule has 0 bridgehead atoms. The van der Waals surface area contributed by atoms with Gasteiger partial charge in [-0.25, -0.2) is 0 Å². The first kappa shape index (κ1) is 13.9. The van der Waals surface area contributed by atoms with Crippen LogP contribution in [0.15, 0.2) is 48.8 Å². The molecule has 0 radical (unpaired) electrons. The molecular formula is C15H17N3O2. The van der Waals surface area contributed by atoms with Crippen LogP contribution in [0.25, 0.3) is 0 Å². The van der Waals surface area contributed by atoms with Crippen LogP contribution in [0.4, 0.5) is 5.69 Å². The number of benzene rings is 1. The molecule has 20 heavy (non-hydrogen) atoms. The van der Waals surface area contributed by atoms with Crippen LogP contribution >= 0.6 is 0 Å². The molecule has 1 unspecified atom stereocenters. The van der Waals surface area contributed by atoms with Crippen LogP contribution in [0.3, 0.4) is 0 Å². The minimum Gasteiger partial charge on any atom is -0.484 e. The topological polar surface area (TPSA) is 77.2 Å². The first-order valence-electron chi connectivity index (χ1n) is 6.33. The summed E-state index contributed by atoms with van der Waals surface area (Å²) in [4.78, 5) is 15.7. The van der Waals surface area contributed by atoms with Crippen LogP contribution in [0, 0.1) is 0 Å². The molecule has 0 aliphatic heterocycles. The monoisotopic (exact) mass is 271 g/mol. The number of anilines is 1. The number of nitrogen functional groups attached to an aromatic ring is 1. The van der Waals surface area contributed by atoms with Crippen LogP contribution < -0.4 is 15.8 Å². The third-order valence-electron chi connectivity index (χ3n) is 2.83. The molecule has 3 N–H and O–H groups in total. The zero-order chi connectivity index (χ0) is 14.4. The highest BCUT2D eigenvalue weighted by molar-refractivity contribution is 5.78. The van der Waals surface area contributed by atoms with Gasteiger partial charge >= 0.3 is 0 Å². The van der Waals surface area contributed by atoms with Crippen molar-refractivity contribution in [3.05, 3.63) is 54.4 Å². The van der Waals surface area contributed by atoms with Gasteiger partial charge in [0, 0.05) is 18.1 Å². The van der Waals surface area contributed by atoms with Crippen molar-refractivity contribution >= 4 is 11.6 Å². The highest BCUT2D eigenvalue weighted by Crippen LogP contribution is 2.13. The molecule has 104 valence electrons. The third-order valence-corrected chi connectivity index (χ3v) is 2.83. The van der Waals surface area contributed by atoms with Gasteiger partial charge in [0.1, 0.15) is 5.75 Å². The highest BCUT2D eigenvalue weighted by Gasteiger charge is 2.09. The highest BCUT2D eigenvalue weighted by atomic mass is 16.5. The van der Waals surface area contributed by atoms with Crippen LogP contribution in [0.2, 0.25) is 0 Å². The minimum absolute atomic E-state index is 0.0284. The Hall–Kier alpha value is -2.56. The number of hydrogen-bond acceptors (Lipinski definition) is 4. The Kier molecular flexibility index (Phi) is 4.55. The predicted molar refractivity (Wildman–Crippen MR) is 77.1 cm³/mol. The number of pyridine rings is 1. The smallest absolute Gasteiger partial charge is 0.258 e. The summed E-state index contributed by atoms with van der Waals surface area (Å²) in [6.07, 6.45) is 3.39. The second-order valence-electron chi connectivity index (χ2n) is 4.43. The van der Waals surface area contributed by atoms with Crippen molar-refractivity contribution in [1.82, 2.24) is 10.3 Å². The SMILES string of the molecule is CC(NC(=O)COc1ccc(N)cc1)c1ccncc1. The van der Waals surface area contributed by atoms with Crippen LogP contribution in [0.1, 0.15) is 18.5 Å². The molecule has 0 aliphatic carbocycles. The van der Waals surface area contributed by atoms with E-state index >= 15 is 0 Å². The van der Waals surface area contributed by atoms with Gasteiger partial charge in [0.15, 0.2) is 6.61 Å². The zero-order valence-corrected chi connectivity index (χ0v) is 11.2. The van der Waals surface area contributed by atoms with E-state index in [4.69, 9.17) is 10.5 Å². The molecule has 0 saturated carbocycles. The summed E-state index contributed by atoms with van der Waals surface area (Å²) in [7, 11) is 0. The number of nitrogens with one attached hydrogen (secondary N) is 1. The molecule has 1 heterocycles. The lowest BCUT2D eigenvalue weighted by Crippen LogP contribution is -2.31. The summed E-state index contributed by atoms with van der Waals surface area (Å²) in [5, 5.41) is 2.86. The van der Waals surface area contributed by atoms with Crippen molar-refractivity contribution in [3.8, 4) is 5.75 Å². The Morgan fingerprint density at radius 2 is 1.90 bits per heavy atom. The molecule has 1 amide bonds. The zero-order valence-electron chi connectivity index (χ0n) is 11.2. The van der Waals surface area contributed by atoms with Crippen molar-refractivity contribution < 1.29 is 9.53 Å². The van der Waals surface area contributed by atoms with E-state index in [-0.39, 0.29) is 18.6 Å². The molecule has 2 aromatic rings. The van der Waals surface area contributed by atoms with Crippen LogP contribution in [-0.4, -0.2) is 17.5 Å². The average Bonchev–Trinajstić information content (AvgIpc) is 2.47. The van der Waals surface area contributed by atoms with Gasteiger partial charge in [-0.3, -0.25) is 9.78 Å². The second-order valence-corrected chi connectivity index (χ2v) is 4.43. The number of aromatic nitrogens is 1. The number of carbonyl (C=O) groups is 1. The van der Waals surface area contributed by atoms with E-state index in [9.17, 15) is 4.79 Å². The number of ether oxygens (including phenoxy) is 1. The van der Waals surface area contributed by atoms with Crippen molar-refractivity contribution in [2.75, 3.05) is 12.3 Å². The number of nitrogens with two attached hydrogens (primary N) is 1. The molecule has 5 heteroatoms. The Balaban J connectivity index is 1.82. The van der Waals surface area contributed by atoms with Crippen molar-refractivity contribution in [2.45, 2.75) is 13.0 Å². The van der Waals surface area contributed by atoms with Gasteiger partial charge in [-0.05, 0) is 48.9 Å². The first-order chi connectivity index (χ1) is 9.65. The van der Waals surface area contributed by atoms with Gasteiger partial charge in [0.05, 0.1) is 6.04 Å². The fraction of sp³-hybridized carbons (Fsp3) is 0.200. The Morgan fingerprint density at radius 1 is 1.25 bits per heavy atom. The van der Waals surface area contributed by atoms with E-state index in [1.54, 1.807) is 36.7 Å². The van der Waals surface area contributed by atoms with E-state index in [1.165, 1.54) is 0 Å². The maximum absolute atomic E-state index is 11.8. The van der Waals surface area contributed by atoms with Gasteiger partial charge in [-0.2, -0.15) is 0 Å². The Morgan fingerprint density at radius 3 is 2.55 bits per heavy atom. The normalized spacial score (nSPS) is 11.7. The summed E-state index contributed by atoms with van der Waals surface area (Å²) in [6.45, 7) is 1.88. The predicted octanol–water partition coefficient (Wildman–Crippen LogP) is 1.92. The molecule has 1 aromatic heterocycles. The summed E-state index contributed by atoms with van der Waals surface area (Å²) >= 11 is 0. The molecule has 5 nitrogen and oxygen atoms in total. The Labute approximate surface area is 117 Å². The third kappa shape index (κ3) is 3.98. The molecular weight excluding hydrogens is 254 g/mol. The first-order valence-corrected chi connectivity index (χ1v) is 6.33. The fourth-order valence-corrected chi connectivity index (χ4v) is 1.73. The van der Waals surface area contributed by atoms with E-state index in [2.05, 4.69) is 10.3 Å². The number of rotatable bonds is 5. The second kappa shape index (κ2) is 6.56. The maximum Gasteiger partial charge on any atom is 0.258 e. The standard InChI is InChI=1S/C15H17N3O2/c1-11(12-6-8-17-9-7-12)18-15(19)10-20-14-4-2-13(16)3-5-14/h2-9,11H,10,16H2,1H3,(H,18,19). The quantitative estimate of drug-likeness (QED) is 0.814. The Bertz CT molecular complexity index is 555. The lowest BCUT2D eigenvalue weighted by molar-refractivity contribution is -0.123. The largest absolute Gasteiger partial charge is 0.484 e. The number of hydrogen-bond donors (Lipinski definition) is 2. The van der Waals surface area contributed by atoms with Crippen molar-refractivity contribution in [2.24, 2.45) is 0 Å². The van der Waals surface area contributed by atoms with Crippen molar-refractivity contribution in [1.29, 1.82) is 0 Å². The lowest BCUT2D eigenvalue weighted by Gasteiger charge is -2.14. The molecule has 0 spiro atoms. The van der Waals surface area contributed by atoms with Crippen LogP contribution in [0.5, 0.6) is 5.75 Å². The number of nitrogens with zero attached hydrogens (tertiary/aromatic N) is 1. The molecule has 1 aromatic carbocycles. The summed E-state index contributed by atoms with van der Waals surface area (Å²) in [5.41, 5.74) is 7.23. The summed E-state index contributed by atoms with van der Waals surface area (Å²) in [5.74, 6) is 0.442. The number of amides is 1. The molecule has 1 atom stereocenters. The molecule has 0 fully saturated rings. The van der Waals surface area contributed by atoms with E-state index in [0.717, 1.165) is 5.56 Å². The van der Waals surface area contributed by atoms with Gasteiger partial charge in [-0.15, -0.1) is 0 Å². The van der Waals surface area contributed by atoms with Crippen LogP contribution in [-0.2, 0) is 4.79 Å². The number of carbonyl (C=O) groups excluding carboxylic acids is 1. The summed E-state index contributed by atoms with van der Waals surface area (Å²) in [6, 6.07) is 10.6. The average molecular weight is 271 g/mol. The molecule has 2 rings (SSSR count). The van der Waals surface area contributed by atoms with Gasteiger partial charge in [0.2, 0.25) is 0 Å². The molecule has 0 aliphatic rings. The minimum atomic E-state index is -0.175. The van der Waals surface area contributed by atoms with E-state index in [0.29, 0.717) is 11.4 Å². The van der Waals surface area contributed by atoms with E-state index in [1.807, 2.05) is 19.1 Å². The maximum atomic E-state index is 11.8. The van der Waals surface area contributed by atoms with Gasteiger partial charge < -0.3 is 15.8 Å². The summed E-state index contributed by atoms with van der Waals surface area (Å²) < 4.78 is 5.38. The van der Waals surface area contributed by atoms with Crippen molar-refractivity contribution in [3.63, 3.8) is 0 Å². The lowest BCUT2D eigenvalue weighted by atomic mass is 10.1. The van der Waals surface area contributed by atoms with Gasteiger partial charge in [0.25, 0.3) is 5.91 Å². The van der Waals surface area contributed by atoms with Gasteiger partial charge in [-0.1, -0.05) is 0 Å².